The van der Waals surface area contributed by atoms with E-state index in [-0.39, 0.29) is 6.61 Å². The maximum absolute atomic E-state index is 13.6. The second kappa shape index (κ2) is 14.2. The standard InChI is InChI=1S/C30H40Cl3NO10/c1-27(2,3)24(36)41-17-18(42-25(37)28(4,5)6)20(43-26(38)29(7,8)9)22(44-23(34)30(31,32)33)40-19(17)21(35)39-15-16-13-11-10-12-14-16/h10-14,17-20,22,34H,15H2,1-9H3/t17-,18-,19-,20+,22+/m0/s1. The number of rotatable bonds is 7. The number of benzene rings is 1. The van der Waals surface area contributed by atoms with Crippen LogP contribution in [0.15, 0.2) is 30.3 Å². The van der Waals surface area contributed by atoms with Crippen LogP contribution in [0.3, 0.4) is 0 Å². The Morgan fingerprint density at radius 3 is 1.57 bits per heavy atom. The van der Waals surface area contributed by atoms with Crippen molar-refractivity contribution < 1.29 is 47.6 Å². The summed E-state index contributed by atoms with van der Waals surface area (Å²) in [5.41, 5.74) is -2.63. The second-order valence-corrected chi connectivity index (χ2v) is 15.6. The molecule has 1 aliphatic rings. The minimum Gasteiger partial charge on any atom is -0.459 e. The van der Waals surface area contributed by atoms with Crippen molar-refractivity contribution in [2.45, 2.75) is 103 Å². The van der Waals surface area contributed by atoms with Gasteiger partial charge in [0, 0.05) is 0 Å². The lowest BCUT2D eigenvalue weighted by Gasteiger charge is -2.45. The summed E-state index contributed by atoms with van der Waals surface area (Å²) in [5.74, 6) is -4.38. The van der Waals surface area contributed by atoms with E-state index in [1.54, 1.807) is 92.6 Å². The van der Waals surface area contributed by atoms with Crippen molar-refractivity contribution in [3.63, 3.8) is 0 Å². The smallest absolute Gasteiger partial charge is 0.339 e. The first-order valence-electron chi connectivity index (χ1n) is 13.7. The van der Waals surface area contributed by atoms with Gasteiger partial charge in [0.15, 0.2) is 18.3 Å². The fourth-order valence-corrected chi connectivity index (χ4v) is 3.51. The predicted octanol–water partition coefficient (Wildman–Crippen LogP) is 5.69. The second-order valence-electron chi connectivity index (χ2n) is 13.3. The van der Waals surface area contributed by atoms with Crippen molar-refractivity contribution >= 4 is 64.6 Å². The monoisotopic (exact) mass is 679 g/mol. The quantitative estimate of drug-likeness (QED) is 0.125. The van der Waals surface area contributed by atoms with Crippen LogP contribution in [0.2, 0.25) is 0 Å². The van der Waals surface area contributed by atoms with E-state index >= 15 is 0 Å². The zero-order chi connectivity index (χ0) is 33.8. The number of halogens is 3. The van der Waals surface area contributed by atoms with Crippen LogP contribution in [0.4, 0.5) is 0 Å². The number of ether oxygens (including phenoxy) is 6. The van der Waals surface area contributed by atoms with Gasteiger partial charge in [0.25, 0.3) is 3.79 Å². The molecule has 0 spiro atoms. The molecule has 0 radical (unpaired) electrons. The van der Waals surface area contributed by atoms with Crippen LogP contribution in [0.5, 0.6) is 0 Å². The van der Waals surface area contributed by atoms with Gasteiger partial charge in [-0.2, -0.15) is 0 Å². The predicted molar refractivity (Wildman–Crippen MR) is 162 cm³/mol. The molecule has 1 saturated heterocycles. The fraction of sp³-hybridized carbons (Fsp3) is 0.633. The Bertz CT molecular complexity index is 1210. The van der Waals surface area contributed by atoms with Gasteiger partial charge in [-0.1, -0.05) is 65.1 Å². The number of esters is 4. The minimum absolute atomic E-state index is 0.191. The van der Waals surface area contributed by atoms with Gasteiger partial charge in [-0.25, -0.2) is 4.79 Å². The maximum atomic E-state index is 13.6. The zero-order valence-electron chi connectivity index (χ0n) is 26.2. The van der Waals surface area contributed by atoms with Gasteiger partial charge in [-0.05, 0) is 67.9 Å². The SMILES string of the molecule is CC(C)(C)C(=O)O[C@@H]1[C@@H](OC(=O)C(C)(C)C)[C@@H](OC(=N)C(Cl)(Cl)Cl)O[C@H](C(=O)OCc2ccccc2)[C@H]1OC(=O)C(C)(C)C. The molecule has 14 heteroatoms. The normalized spacial score (nSPS) is 22.8. The zero-order valence-corrected chi connectivity index (χ0v) is 28.5. The van der Waals surface area contributed by atoms with Gasteiger partial charge in [-0.3, -0.25) is 19.8 Å². The van der Waals surface area contributed by atoms with Crippen LogP contribution >= 0.6 is 34.8 Å². The number of alkyl halides is 3. The number of carbonyl (C=O) groups is 4. The summed E-state index contributed by atoms with van der Waals surface area (Å²) in [6.45, 7) is 13.9. The Morgan fingerprint density at radius 1 is 0.705 bits per heavy atom. The van der Waals surface area contributed by atoms with Crippen LogP contribution in [0.25, 0.3) is 0 Å². The molecule has 0 bridgehead atoms. The third-order valence-electron chi connectivity index (χ3n) is 6.01. The third-order valence-corrected chi connectivity index (χ3v) is 6.52. The van der Waals surface area contributed by atoms with E-state index in [4.69, 9.17) is 68.6 Å². The summed E-state index contributed by atoms with van der Waals surface area (Å²) >= 11 is 17.5. The average molecular weight is 681 g/mol. The summed E-state index contributed by atoms with van der Waals surface area (Å²) in [4.78, 5) is 53.2. The fourth-order valence-electron chi connectivity index (χ4n) is 3.38. The molecule has 1 heterocycles. The largest absolute Gasteiger partial charge is 0.459 e. The molecule has 1 aromatic carbocycles. The Kier molecular flexibility index (Phi) is 12.2. The molecule has 0 unspecified atom stereocenters. The number of hydrogen-bond acceptors (Lipinski definition) is 11. The average Bonchev–Trinajstić information content (AvgIpc) is 2.88. The van der Waals surface area contributed by atoms with E-state index in [2.05, 4.69) is 0 Å². The molecule has 44 heavy (non-hydrogen) atoms. The van der Waals surface area contributed by atoms with E-state index < -0.39 is 80.5 Å². The molecular formula is C30H40Cl3NO10. The van der Waals surface area contributed by atoms with Crippen molar-refractivity contribution in [3.05, 3.63) is 35.9 Å². The van der Waals surface area contributed by atoms with E-state index in [1.807, 2.05) is 0 Å². The molecule has 2 rings (SSSR count). The van der Waals surface area contributed by atoms with Crippen LogP contribution in [-0.2, 0) is 54.2 Å². The van der Waals surface area contributed by atoms with Crippen molar-refractivity contribution in [2.75, 3.05) is 0 Å². The topological polar surface area (TPSA) is 148 Å². The highest BCUT2D eigenvalue weighted by molar-refractivity contribution is 6.76. The van der Waals surface area contributed by atoms with Gasteiger partial charge < -0.3 is 28.4 Å². The van der Waals surface area contributed by atoms with Crippen molar-refractivity contribution in [1.82, 2.24) is 0 Å². The molecular weight excluding hydrogens is 641 g/mol. The highest BCUT2D eigenvalue weighted by Gasteiger charge is 2.58. The summed E-state index contributed by atoms with van der Waals surface area (Å²) in [7, 11) is 0. The molecule has 1 aliphatic heterocycles. The number of carbonyl (C=O) groups excluding carboxylic acids is 4. The molecule has 0 amide bonds. The molecule has 0 aliphatic carbocycles. The van der Waals surface area contributed by atoms with Gasteiger partial charge in [-0.15, -0.1) is 0 Å². The van der Waals surface area contributed by atoms with Gasteiger partial charge in [0.1, 0.15) is 6.61 Å². The molecule has 1 N–H and O–H groups in total. The van der Waals surface area contributed by atoms with E-state index in [9.17, 15) is 19.2 Å². The highest BCUT2D eigenvalue weighted by atomic mass is 35.6. The van der Waals surface area contributed by atoms with E-state index in [1.165, 1.54) is 0 Å². The Hall–Kier alpha value is -2.60. The molecule has 0 saturated carbocycles. The number of hydrogen-bond donors (Lipinski definition) is 1. The Morgan fingerprint density at radius 2 is 1.14 bits per heavy atom. The van der Waals surface area contributed by atoms with Gasteiger partial charge in [0.2, 0.25) is 18.3 Å². The number of nitrogens with one attached hydrogen (secondary N) is 1. The lowest BCUT2D eigenvalue weighted by Crippen LogP contribution is -2.65. The van der Waals surface area contributed by atoms with Crippen molar-refractivity contribution in [2.24, 2.45) is 16.2 Å². The molecule has 1 fully saturated rings. The van der Waals surface area contributed by atoms with E-state index in [0.717, 1.165) is 0 Å². The van der Waals surface area contributed by atoms with Gasteiger partial charge >= 0.3 is 23.9 Å². The minimum atomic E-state index is -2.39. The summed E-state index contributed by atoms with van der Waals surface area (Å²) in [6, 6.07) is 8.71. The Balaban J connectivity index is 2.71. The first kappa shape index (κ1) is 37.6. The summed E-state index contributed by atoms with van der Waals surface area (Å²) in [5, 5.41) is 8.14. The lowest BCUT2D eigenvalue weighted by molar-refractivity contribution is -0.291. The molecule has 5 atom stereocenters. The van der Waals surface area contributed by atoms with Crippen LogP contribution in [0, 0.1) is 21.7 Å². The van der Waals surface area contributed by atoms with E-state index in [0.29, 0.717) is 5.56 Å². The maximum Gasteiger partial charge on any atom is 0.339 e. The van der Waals surface area contributed by atoms with Gasteiger partial charge in [0.05, 0.1) is 16.2 Å². The first-order valence-corrected chi connectivity index (χ1v) is 14.9. The third kappa shape index (κ3) is 10.5. The first-order chi connectivity index (χ1) is 19.9. The highest BCUT2D eigenvalue weighted by Crippen LogP contribution is 2.36. The lowest BCUT2D eigenvalue weighted by atomic mass is 9.93. The Labute approximate surface area is 272 Å². The molecule has 1 aromatic rings. The van der Waals surface area contributed by atoms with Crippen LogP contribution in [0.1, 0.15) is 67.9 Å². The molecule has 0 aromatic heterocycles. The summed E-state index contributed by atoms with van der Waals surface area (Å²) < 4.78 is 31.8. The van der Waals surface area contributed by atoms with Crippen molar-refractivity contribution in [1.29, 1.82) is 5.41 Å². The van der Waals surface area contributed by atoms with Crippen molar-refractivity contribution in [3.8, 4) is 0 Å². The van der Waals surface area contributed by atoms with Crippen LogP contribution in [-0.4, -0.2) is 64.3 Å². The molecule has 11 nitrogen and oxygen atoms in total. The summed E-state index contributed by atoms with van der Waals surface area (Å²) in [6.07, 6.45) is -8.77. The molecule has 246 valence electrons. The van der Waals surface area contributed by atoms with Crippen LogP contribution < -0.4 is 0 Å².